The van der Waals surface area contributed by atoms with E-state index in [0.717, 1.165) is 0 Å². The van der Waals surface area contributed by atoms with Gasteiger partial charge in [0, 0.05) is 25.2 Å². The predicted octanol–water partition coefficient (Wildman–Crippen LogP) is 1.78. The lowest BCUT2D eigenvalue weighted by molar-refractivity contribution is -0.138. The summed E-state index contributed by atoms with van der Waals surface area (Å²) in [7, 11) is 0. The van der Waals surface area contributed by atoms with Crippen molar-refractivity contribution in [2.24, 2.45) is 0 Å². The summed E-state index contributed by atoms with van der Waals surface area (Å²) in [5, 5.41) is 0. The van der Waals surface area contributed by atoms with Crippen molar-refractivity contribution in [2.75, 3.05) is 26.2 Å². The Balaban J connectivity index is 4.14. The van der Waals surface area contributed by atoms with Gasteiger partial charge in [-0.15, -0.1) is 13.2 Å². The fraction of sp³-hybridized carbons (Fsp3) is 0.417. The molecule has 84 valence electrons. The number of carbonyl (C=O) groups is 1. The molecule has 0 atom stereocenters. The van der Waals surface area contributed by atoms with Crippen LogP contribution in [0.1, 0.15) is 6.92 Å². The van der Waals surface area contributed by atoms with Gasteiger partial charge >= 0.3 is 5.97 Å². The Morgan fingerprint density at radius 1 is 1.33 bits per heavy atom. The van der Waals surface area contributed by atoms with E-state index >= 15 is 0 Å². The highest BCUT2D eigenvalue weighted by Crippen LogP contribution is 2.00. The average Bonchev–Trinajstić information content (AvgIpc) is 2.18. The highest BCUT2D eigenvalue weighted by molar-refractivity contribution is 5.88. The molecule has 0 unspecified atom stereocenters. The van der Waals surface area contributed by atoms with E-state index in [1.165, 1.54) is 0 Å². The van der Waals surface area contributed by atoms with Crippen molar-refractivity contribution in [3.63, 3.8) is 0 Å². The van der Waals surface area contributed by atoms with E-state index in [1.807, 2.05) is 4.90 Å². The van der Waals surface area contributed by atoms with Crippen LogP contribution in [-0.2, 0) is 9.53 Å². The first-order chi connectivity index (χ1) is 7.15. The molecule has 3 heteroatoms. The van der Waals surface area contributed by atoms with Gasteiger partial charge < -0.3 is 4.74 Å². The maximum atomic E-state index is 11.3. The van der Waals surface area contributed by atoms with Crippen LogP contribution in [0, 0.1) is 0 Å². The largest absolute Gasteiger partial charge is 0.463 e. The molecule has 0 amide bonds. The maximum Gasteiger partial charge on any atom is 0.334 e. The van der Waals surface area contributed by atoms with Crippen molar-refractivity contribution < 1.29 is 9.53 Å². The molecule has 0 saturated carbocycles. The van der Waals surface area contributed by atoms with Crippen LogP contribution in [-0.4, -0.2) is 37.1 Å². The first-order valence-corrected chi connectivity index (χ1v) is 4.94. The molecule has 0 heterocycles. The van der Waals surface area contributed by atoms with Crippen molar-refractivity contribution in [1.29, 1.82) is 0 Å². The Labute approximate surface area is 91.7 Å². The molecule has 0 spiro atoms. The van der Waals surface area contributed by atoms with Crippen LogP contribution in [0.3, 0.4) is 0 Å². The number of nitrogens with zero attached hydrogens (tertiary/aromatic N) is 1. The van der Waals surface area contributed by atoms with E-state index in [4.69, 9.17) is 4.74 Å². The third-order valence-corrected chi connectivity index (χ3v) is 1.75. The van der Waals surface area contributed by atoms with Crippen molar-refractivity contribution in [1.82, 2.24) is 4.90 Å². The molecular weight excluding hydrogens is 190 g/mol. The smallest absolute Gasteiger partial charge is 0.334 e. The predicted molar refractivity (Wildman–Crippen MR) is 62.6 cm³/mol. The molecule has 0 aromatic heterocycles. The molecule has 0 rings (SSSR count). The lowest BCUT2D eigenvalue weighted by Crippen LogP contribution is -2.28. The summed E-state index contributed by atoms with van der Waals surface area (Å²) in [5.41, 5.74) is 0.459. The fourth-order valence-corrected chi connectivity index (χ4v) is 1.14. The molecule has 15 heavy (non-hydrogen) atoms. The SMILES string of the molecule is C=CCN(CC=C)CC(=C)C(=O)OCC. The topological polar surface area (TPSA) is 29.5 Å². The third-order valence-electron chi connectivity index (χ3n) is 1.75. The van der Waals surface area contributed by atoms with Gasteiger partial charge in [0.15, 0.2) is 0 Å². The van der Waals surface area contributed by atoms with Gasteiger partial charge in [-0.1, -0.05) is 18.7 Å². The first-order valence-electron chi connectivity index (χ1n) is 4.94. The van der Waals surface area contributed by atoms with Crippen molar-refractivity contribution >= 4 is 5.97 Å². The Hall–Kier alpha value is -1.35. The molecule has 0 aliphatic rings. The lowest BCUT2D eigenvalue weighted by Gasteiger charge is -2.19. The zero-order chi connectivity index (χ0) is 11.7. The van der Waals surface area contributed by atoms with Gasteiger partial charge in [-0.25, -0.2) is 4.79 Å². The number of ether oxygens (including phenoxy) is 1. The molecule has 0 radical (unpaired) electrons. The normalized spacial score (nSPS) is 9.73. The number of carbonyl (C=O) groups excluding carboxylic acids is 1. The molecule has 0 N–H and O–H groups in total. The van der Waals surface area contributed by atoms with Gasteiger partial charge in [-0.05, 0) is 6.92 Å². The zero-order valence-corrected chi connectivity index (χ0v) is 9.37. The van der Waals surface area contributed by atoms with Crippen molar-refractivity contribution in [3.05, 3.63) is 37.5 Å². The van der Waals surface area contributed by atoms with Crippen LogP contribution in [0.25, 0.3) is 0 Å². The van der Waals surface area contributed by atoms with E-state index < -0.39 is 0 Å². The van der Waals surface area contributed by atoms with Gasteiger partial charge in [-0.2, -0.15) is 0 Å². The van der Waals surface area contributed by atoms with Gasteiger partial charge in [0.2, 0.25) is 0 Å². The molecule has 3 nitrogen and oxygen atoms in total. The molecular formula is C12H19NO2. The van der Waals surface area contributed by atoms with Gasteiger partial charge in [0.05, 0.1) is 6.61 Å². The van der Waals surface area contributed by atoms with E-state index in [1.54, 1.807) is 19.1 Å². The summed E-state index contributed by atoms with van der Waals surface area (Å²) in [6, 6.07) is 0. The highest BCUT2D eigenvalue weighted by Gasteiger charge is 2.11. The number of hydrogen-bond donors (Lipinski definition) is 0. The summed E-state index contributed by atoms with van der Waals surface area (Å²) < 4.78 is 4.84. The summed E-state index contributed by atoms with van der Waals surface area (Å²) in [4.78, 5) is 13.3. The Kier molecular flexibility index (Phi) is 7.28. The van der Waals surface area contributed by atoms with Gasteiger partial charge in [-0.3, -0.25) is 4.90 Å². The minimum absolute atomic E-state index is 0.337. The number of hydrogen-bond acceptors (Lipinski definition) is 3. The van der Waals surface area contributed by atoms with Crippen molar-refractivity contribution in [2.45, 2.75) is 6.92 Å². The molecule has 0 bridgehead atoms. The van der Waals surface area contributed by atoms with Crippen LogP contribution in [0.5, 0.6) is 0 Å². The second-order valence-corrected chi connectivity index (χ2v) is 3.10. The summed E-state index contributed by atoms with van der Waals surface area (Å²) in [5.74, 6) is -0.337. The van der Waals surface area contributed by atoms with Gasteiger partial charge in [0.25, 0.3) is 0 Å². The second kappa shape index (κ2) is 8.00. The second-order valence-electron chi connectivity index (χ2n) is 3.10. The average molecular weight is 209 g/mol. The van der Waals surface area contributed by atoms with Crippen LogP contribution in [0.2, 0.25) is 0 Å². The van der Waals surface area contributed by atoms with Gasteiger partial charge in [0.1, 0.15) is 0 Å². The molecule has 0 aliphatic heterocycles. The van der Waals surface area contributed by atoms with E-state index in [-0.39, 0.29) is 5.97 Å². The first kappa shape index (κ1) is 13.7. The Bertz CT molecular complexity index is 236. The summed E-state index contributed by atoms with van der Waals surface area (Å²) in [6.45, 7) is 15.0. The van der Waals surface area contributed by atoms with E-state index in [0.29, 0.717) is 31.8 Å². The Morgan fingerprint density at radius 2 is 1.87 bits per heavy atom. The van der Waals surface area contributed by atoms with Crippen LogP contribution >= 0.6 is 0 Å². The summed E-state index contributed by atoms with van der Waals surface area (Å²) in [6.07, 6.45) is 3.56. The van der Waals surface area contributed by atoms with Crippen molar-refractivity contribution in [3.8, 4) is 0 Å². The standard InChI is InChI=1S/C12H19NO2/c1-5-8-13(9-6-2)10-11(4)12(14)15-7-3/h5-6H,1-2,4,7-10H2,3H3. The Morgan fingerprint density at radius 3 is 2.27 bits per heavy atom. The minimum atomic E-state index is -0.337. The number of esters is 1. The van der Waals surface area contributed by atoms with E-state index in [2.05, 4.69) is 19.7 Å². The van der Waals surface area contributed by atoms with Crippen LogP contribution in [0.15, 0.2) is 37.5 Å². The van der Waals surface area contributed by atoms with Crippen LogP contribution < -0.4 is 0 Å². The minimum Gasteiger partial charge on any atom is -0.463 e. The lowest BCUT2D eigenvalue weighted by atomic mass is 10.2. The monoisotopic (exact) mass is 209 g/mol. The maximum absolute atomic E-state index is 11.3. The molecule has 0 aromatic rings. The fourth-order valence-electron chi connectivity index (χ4n) is 1.14. The molecule has 0 aromatic carbocycles. The third kappa shape index (κ3) is 5.86. The molecule has 0 fully saturated rings. The highest BCUT2D eigenvalue weighted by atomic mass is 16.5. The van der Waals surface area contributed by atoms with E-state index in [9.17, 15) is 4.79 Å². The number of rotatable bonds is 8. The zero-order valence-electron chi connectivity index (χ0n) is 9.37. The molecule has 0 aliphatic carbocycles. The quantitative estimate of drug-likeness (QED) is 0.347. The van der Waals surface area contributed by atoms with Crippen LogP contribution in [0.4, 0.5) is 0 Å². The summed E-state index contributed by atoms with van der Waals surface area (Å²) >= 11 is 0. The molecule has 0 saturated heterocycles.